The minimum atomic E-state index is -1.30. The molecular formula is C37H36IrN2SSi-2. The van der Waals surface area contributed by atoms with Gasteiger partial charge in [-0.3, -0.25) is 0 Å². The maximum Gasteiger partial charge on any atom is 0.0776 e. The first-order valence-corrected chi connectivity index (χ1v) is 18.9. The molecule has 0 atom stereocenters. The summed E-state index contributed by atoms with van der Waals surface area (Å²) >= 11 is 1.89. The average Bonchev–Trinajstić information content (AvgIpc) is 3.77. The van der Waals surface area contributed by atoms with Crippen LogP contribution in [0.15, 0.2) is 91.3 Å². The van der Waals surface area contributed by atoms with Gasteiger partial charge in [-0.25, -0.2) is 0 Å². The van der Waals surface area contributed by atoms with Crippen LogP contribution in [0.5, 0.6) is 0 Å². The minimum Gasteiger partial charge on any atom is -0.305 e. The fraction of sp³-hybridized carbons (Fsp3) is 0.243. The fourth-order valence-corrected chi connectivity index (χ4v) is 7.62. The Bertz CT molecular complexity index is 1800. The number of thiophene rings is 1. The van der Waals surface area contributed by atoms with Gasteiger partial charge in [0.25, 0.3) is 0 Å². The number of rotatable bonds is 5. The average molecular weight is 761 g/mol. The van der Waals surface area contributed by atoms with Crippen LogP contribution in [0.1, 0.15) is 49.7 Å². The first kappa shape index (κ1) is 30.5. The van der Waals surface area contributed by atoms with Crippen molar-refractivity contribution >= 4 is 44.8 Å². The Balaban J connectivity index is 0.000000189. The molecule has 0 amide bonds. The van der Waals surface area contributed by atoms with E-state index < -0.39 is 8.07 Å². The van der Waals surface area contributed by atoms with Crippen molar-refractivity contribution in [2.75, 3.05) is 0 Å². The molecule has 1 aliphatic carbocycles. The number of fused-ring (bicyclic) bond motifs is 3. The Kier molecular flexibility index (Phi) is 9.24. The van der Waals surface area contributed by atoms with Gasteiger partial charge in [-0.15, -0.1) is 59.7 Å². The number of benzene rings is 3. The third-order valence-corrected chi connectivity index (χ3v) is 11.1. The summed E-state index contributed by atoms with van der Waals surface area (Å²) in [4.78, 5) is 9.12. The van der Waals surface area contributed by atoms with Crippen molar-refractivity contribution in [3.63, 3.8) is 0 Å². The summed E-state index contributed by atoms with van der Waals surface area (Å²) < 4.78 is 2.70. The molecule has 3 heterocycles. The molecule has 1 saturated carbocycles. The van der Waals surface area contributed by atoms with Gasteiger partial charge in [-0.05, 0) is 63.8 Å². The predicted molar refractivity (Wildman–Crippen MR) is 179 cm³/mol. The monoisotopic (exact) mass is 761 g/mol. The largest absolute Gasteiger partial charge is 0.305 e. The van der Waals surface area contributed by atoms with Crippen LogP contribution in [0.2, 0.25) is 19.6 Å². The third kappa shape index (κ3) is 6.66. The molecule has 1 radical (unpaired) electrons. The minimum absolute atomic E-state index is 0. The molecular weight excluding hydrogens is 725 g/mol. The van der Waals surface area contributed by atoms with Gasteiger partial charge in [-0.2, -0.15) is 11.3 Å². The second-order valence-corrected chi connectivity index (χ2v) is 18.4. The second-order valence-electron chi connectivity index (χ2n) is 12.3. The Hall–Kier alpha value is -2.95. The summed E-state index contributed by atoms with van der Waals surface area (Å²) in [7, 11) is -1.30. The first-order chi connectivity index (χ1) is 19.8. The Labute approximate surface area is 268 Å². The zero-order valence-corrected chi connectivity index (χ0v) is 29.1. The molecule has 215 valence electrons. The van der Waals surface area contributed by atoms with Crippen molar-refractivity contribution < 1.29 is 20.1 Å². The van der Waals surface area contributed by atoms with Gasteiger partial charge in [0.05, 0.1) is 8.07 Å². The normalized spacial score (nSPS) is 13.1. The Morgan fingerprint density at radius 3 is 2.33 bits per heavy atom. The van der Waals surface area contributed by atoms with Gasteiger partial charge in [0.2, 0.25) is 0 Å². The molecule has 1 aliphatic rings. The Morgan fingerprint density at radius 2 is 1.67 bits per heavy atom. The van der Waals surface area contributed by atoms with Crippen molar-refractivity contribution in [2.45, 2.75) is 58.2 Å². The summed E-state index contributed by atoms with van der Waals surface area (Å²) in [5.41, 5.74) is 6.96. The van der Waals surface area contributed by atoms with E-state index in [2.05, 4.69) is 110 Å². The molecule has 42 heavy (non-hydrogen) atoms. The van der Waals surface area contributed by atoms with E-state index >= 15 is 0 Å². The van der Waals surface area contributed by atoms with Gasteiger partial charge in [-0.1, -0.05) is 80.0 Å². The molecule has 7 rings (SSSR count). The van der Waals surface area contributed by atoms with Crippen LogP contribution in [0.25, 0.3) is 42.7 Å². The number of hydrogen-bond donors (Lipinski definition) is 0. The summed E-state index contributed by atoms with van der Waals surface area (Å²) in [5, 5.41) is 4.22. The van der Waals surface area contributed by atoms with Gasteiger partial charge in [0, 0.05) is 37.2 Å². The quantitative estimate of drug-likeness (QED) is 0.129. The number of aromatic nitrogens is 2. The van der Waals surface area contributed by atoms with E-state index in [1.54, 1.807) is 0 Å². The molecule has 0 saturated heterocycles. The van der Waals surface area contributed by atoms with Crippen LogP contribution in [-0.4, -0.2) is 18.0 Å². The molecule has 3 aromatic heterocycles. The SMILES string of the molecule is CC(C)c1ccc(-c2[c-]cccc2)nc1.C[Si](C)(C)c1ccc2c(c1)sc1c(-c3cc(C4CC4)ccn3)[c-]ccc12.[Ir]. The second kappa shape index (κ2) is 12.7. The molecule has 0 unspecified atom stereocenters. The summed E-state index contributed by atoms with van der Waals surface area (Å²) in [6.45, 7) is 11.6. The standard InChI is InChI=1S/C23H22NSSi.C14H14N.Ir/c1-26(2,3)17-9-10-18-19-5-4-6-20(23(19)25-22(18)14-17)21-13-16(11-12-24-21)15-7-8-15;1-11(2)13-8-9-14(15-10-13)12-6-4-3-5-7-12;/h4-5,9-15H,7-8H2,1-3H3;3-6,8-11H,1-2H3;/q2*-1;. The maximum absolute atomic E-state index is 4.68. The van der Waals surface area contributed by atoms with Crippen molar-refractivity contribution in [2.24, 2.45) is 0 Å². The predicted octanol–water partition coefficient (Wildman–Crippen LogP) is 10.0. The van der Waals surface area contributed by atoms with E-state index in [-0.39, 0.29) is 20.1 Å². The van der Waals surface area contributed by atoms with Gasteiger partial charge in [0.1, 0.15) is 0 Å². The summed E-state index contributed by atoms with van der Waals surface area (Å²) in [6, 6.07) is 34.5. The summed E-state index contributed by atoms with van der Waals surface area (Å²) in [6.07, 6.45) is 6.55. The molecule has 5 heteroatoms. The van der Waals surface area contributed by atoms with E-state index in [1.807, 2.05) is 48.0 Å². The van der Waals surface area contributed by atoms with E-state index in [9.17, 15) is 0 Å². The van der Waals surface area contributed by atoms with Crippen LogP contribution in [-0.2, 0) is 20.1 Å². The molecule has 2 nitrogen and oxygen atoms in total. The van der Waals surface area contributed by atoms with E-state index in [0.29, 0.717) is 5.92 Å². The van der Waals surface area contributed by atoms with Gasteiger partial charge in [0.15, 0.2) is 0 Å². The zero-order valence-electron chi connectivity index (χ0n) is 24.9. The Morgan fingerprint density at radius 1 is 0.833 bits per heavy atom. The van der Waals surface area contributed by atoms with E-state index in [1.165, 1.54) is 49.3 Å². The fourth-order valence-electron chi connectivity index (χ4n) is 5.11. The van der Waals surface area contributed by atoms with Crippen LogP contribution >= 0.6 is 11.3 Å². The maximum atomic E-state index is 4.68. The van der Waals surface area contributed by atoms with Crippen molar-refractivity contribution in [3.8, 4) is 22.5 Å². The van der Waals surface area contributed by atoms with Crippen LogP contribution < -0.4 is 5.19 Å². The van der Waals surface area contributed by atoms with Crippen LogP contribution in [0.3, 0.4) is 0 Å². The smallest absolute Gasteiger partial charge is 0.0776 e. The molecule has 0 aliphatic heterocycles. The van der Waals surface area contributed by atoms with Crippen molar-refractivity contribution in [1.82, 2.24) is 9.97 Å². The number of hydrogen-bond acceptors (Lipinski definition) is 3. The molecule has 0 N–H and O–H groups in total. The van der Waals surface area contributed by atoms with E-state index in [0.717, 1.165) is 28.4 Å². The zero-order chi connectivity index (χ0) is 28.6. The van der Waals surface area contributed by atoms with Crippen molar-refractivity contribution in [3.05, 3.63) is 115 Å². The first-order valence-electron chi connectivity index (χ1n) is 14.5. The third-order valence-electron chi connectivity index (χ3n) is 7.83. The summed E-state index contributed by atoms with van der Waals surface area (Å²) in [5.74, 6) is 1.28. The van der Waals surface area contributed by atoms with Crippen molar-refractivity contribution in [1.29, 1.82) is 0 Å². The number of nitrogens with zero attached hydrogens (tertiary/aromatic N) is 2. The molecule has 0 spiro atoms. The molecule has 3 aromatic carbocycles. The van der Waals surface area contributed by atoms with Crippen LogP contribution in [0.4, 0.5) is 0 Å². The molecule has 0 bridgehead atoms. The van der Waals surface area contributed by atoms with Gasteiger partial charge >= 0.3 is 0 Å². The molecule has 1 fully saturated rings. The topological polar surface area (TPSA) is 25.8 Å². The number of pyridine rings is 2. The van der Waals surface area contributed by atoms with E-state index in [4.69, 9.17) is 0 Å². The van der Waals surface area contributed by atoms with Crippen LogP contribution in [0, 0.1) is 12.1 Å². The molecule has 6 aromatic rings. The van der Waals surface area contributed by atoms with Gasteiger partial charge < -0.3 is 9.97 Å².